The molecule has 0 saturated carbocycles. The van der Waals surface area contributed by atoms with Gasteiger partial charge in [0.05, 0.1) is 19.8 Å². The number of nitrogens with zero attached hydrogens (tertiary/aromatic N) is 2. The van der Waals surface area contributed by atoms with Crippen LogP contribution in [0.5, 0.6) is 5.75 Å². The molecular weight excluding hydrogens is 685 g/mol. The normalized spacial score (nSPS) is 19.4. The van der Waals surface area contributed by atoms with E-state index in [0.717, 1.165) is 54.1 Å². The van der Waals surface area contributed by atoms with Crippen LogP contribution in [0, 0.1) is 6.57 Å². The second-order valence-electron chi connectivity index (χ2n) is 16.9. The molecular formula is C52H42N2O2. The smallest absolute Gasteiger partial charge is 0.187 e. The van der Waals surface area contributed by atoms with Crippen LogP contribution < -0.4 is 9.64 Å². The van der Waals surface area contributed by atoms with E-state index in [1.165, 1.54) is 66.4 Å². The Morgan fingerprint density at radius 3 is 2.07 bits per heavy atom. The van der Waals surface area contributed by atoms with E-state index in [0.29, 0.717) is 5.69 Å². The fourth-order valence-electron chi connectivity index (χ4n) is 10.5. The highest BCUT2D eigenvalue weighted by atomic mass is 16.5. The van der Waals surface area contributed by atoms with Gasteiger partial charge in [0.25, 0.3) is 0 Å². The van der Waals surface area contributed by atoms with Gasteiger partial charge in [-0.25, -0.2) is 4.85 Å². The highest BCUT2D eigenvalue weighted by Crippen LogP contribution is 2.59. The summed E-state index contributed by atoms with van der Waals surface area (Å²) in [5.74, 6) is 0.902. The van der Waals surface area contributed by atoms with Gasteiger partial charge in [-0.15, -0.1) is 0 Å². The van der Waals surface area contributed by atoms with Crippen LogP contribution in [0.2, 0.25) is 0 Å². The number of fused-ring (bicyclic) bond motifs is 13. The van der Waals surface area contributed by atoms with Crippen molar-refractivity contribution in [2.75, 3.05) is 31.2 Å². The first-order valence-corrected chi connectivity index (χ1v) is 19.8. The molecule has 0 aromatic heterocycles. The third-order valence-corrected chi connectivity index (χ3v) is 13.3. The first-order valence-electron chi connectivity index (χ1n) is 19.8. The molecule has 4 aliphatic rings. The minimum Gasteiger partial charge on any atom is -0.472 e. The largest absolute Gasteiger partial charge is 0.472 e. The van der Waals surface area contributed by atoms with Gasteiger partial charge in [-0.2, -0.15) is 0 Å². The Morgan fingerprint density at radius 2 is 1.29 bits per heavy atom. The minimum absolute atomic E-state index is 0.216. The van der Waals surface area contributed by atoms with E-state index in [4.69, 9.17) is 16.0 Å². The van der Waals surface area contributed by atoms with Gasteiger partial charge in [0, 0.05) is 51.7 Å². The van der Waals surface area contributed by atoms with Gasteiger partial charge in [0.15, 0.2) is 11.3 Å². The van der Waals surface area contributed by atoms with Crippen molar-refractivity contribution in [2.24, 2.45) is 0 Å². The second kappa shape index (κ2) is 11.7. The maximum absolute atomic E-state index is 7.79. The lowest BCUT2D eigenvalue weighted by molar-refractivity contribution is 0.122. The van der Waals surface area contributed by atoms with E-state index >= 15 is 0 Å². The maximum atomic E-state index is 7.79. The van der Waals surface area contributed by atoms with E-state index in [9.17, 15) is 0 Å². The Balaban J connectivity index is 1.14. The summed E-state index contributed by atoms with van der Waals surface area (Å²) in [4.78, 5) is 6.22. The number of hydrogen-bond acceptors (Lipinski definition) is 3. The van der Waals surface area contributed by atoms with Crippen molar-refractivity contribution in [2.45, 2.75) is 44.1 Å². The summed E-state index contributed by atoms with van der Waals surface area (Å²) in [6.07, 6.45) is 4.65. The molecule has 0 amide bonds. The van der Waals surface area contributed by atoms with Gasteiger partial charge in [-0.05, 0) is 84.9 Å². The fraction of sp³-hybridized carbons (Fsp3) is 0.212. The average molecular weight is 727 g/mol. The molecule has 7 aromatic rings. The van der Waals surface area contributed by atoms with Gasteiger partial charge in [0.2, 0.25) is 0 Å². The molecule has 0 N–H and O–H groups in total. The van der Waals surface area contributed by atoms with Crippen LogP contribution in [-0.2, 0) is 21.2 Å². The predicted molar refractivity (Wildman–Crippen MR) is 229 cm³/mol. The van der Waals surface area contributed by atoms with Crippen LogP contribution in [0.15, 0.2) is 127 Å². The van der Waals surface area contributed by atoms with E-state index < -0.39 is 5.60 Å². The molecule has 4 heteroatoms. The van der Waals surface area contributed by atoms with Crippen molar-refractivity contribution in [1.82, 2.24) is 0 Å². The van der Waals surface area contributed by atoms with Crippen molar-refractivity contribution in [3.8, 4) is 28.0 Å². The Kier molecular flexibility index (Phi) is 6.93. The standard InChI is InChI=1S/C52H42N2O2/c1-50(2)44-30-34(17-22-38(44)40-21-14-32-10-6-7-11-37(32)47(40)50)52(33-15-19-36(20-16-33)54-26-28-55-29-27-54)25-24-43-48-46(39-12-8-9-13-41(39)49(43)56-52)42-23-18-35(53-5)31-45(42)51(48,3)4/h6-25,30-31H,26-29H2,1-4H3. The zero-order valence-corrected chi connectivity index (χ0v) is 32.2. The first kappa shape index (κ1) is 33.2. The lowest BCUT2D eigenvalue weighted by atomic mass is 9.75. The maximum Gasteiger partial charge on any atom is 0.187 e. The van der Waals surface area contributed by atoms with Crippen LogP contribution in [0.3, 0.4) is 0 Å². The van der Waals surface area contributed by atoms with E-state index in [1.54, 1.807) is 0 Å². The lowest BCUT2D eigenvalue weighted by Crippen LogP contribution is -2.37. The van der Waals surface area contributed by atoms with Crippen molar-refractivity contribution in [3.63, 3.8) is 0 Å². The van der Waals surface area contributed by atoms with Crippen molar-refractivity contribution < 1.29 is 9.47 Å². The number of morpholine rings is 1. The summed E-state index contributed by atoms with van der Waals surface area (Å²) < 4.78 is 13.4. The van der Waals surface area contributed by atoms with Crippen LogP contribution >= 0.6 is 0 Å². The Labute approximate surface area is 328 Å². The van der Waals surface area contributed by atoms with Gasteiger partial charge >= 0.3 is 0 Å². The molecule has 0 bridgehead atoms. The van der Waals surface area contributed by atoms with Crippen LogP contribution in [0.25, 0.3) is 54.7 Å². The summed E-state index contributed by atoms with van der Waals surface area (Å²) in [6, 6.07) is 44.4. The van der Waals surface area contributed by atoms with Crippen LogP contribution in [0.4, 0.5) is 11.4 Å². The molecule has 1 saturated heterocycles. The van der Waals surface area contributed by atoms with E-state index in [-0.39, 0.29) is 10.8 Å². The molecule has 0 radical (unpaired) electrons. The predicted octanol–water partition coefficient (Wildman–Crippen LogP) is 12.3. The molecule has 0 spiro atoms. The zero-order chi connectivity index (χ0) is 38.0. The third-order valence-electron chi connectivity index (χ3n) is 13.3. The van der Waals surface area contributed by atoms with Crippen molar-refractivity contribution in [3.05, 3.63) is 178 Å². The summed E-state index contributed by atoms with van der Waals surface area (Å²) in [6.45, 7) is 20.4. The average Bonchev–Trinajstić information content (AvgIpc) is 3.63. The van der Waals surface area contributed by atoms with Crippen molar-refractivity contribution in [1.29, 1.82) is 0 Å². The number of hydrogen-bond donors (Lipinski definition) is 0. The number of ether oxygens (including phenoxy) is 2. The number of benzene rings is 7. The summed E-state index contributed by atoms with van der Waals surface area (Å²) in [5.41, 5.74) is 13.9. The zero-order valence-electron chi connectivity index (χ0n) is 32.2. The fourth-order valence-corrected chi connectivity index (χ4v) is 10.5. The van der Waals surface area contributed by atoms with Gasteiger partial charge in [0.1, 0.15) is 5.75 Å². The molecule has 2 heterocycles. The Bertz CT molecular complexity index is 2890. The topological polar surface area (TPSA) is 26.1 Å². The lowest BCUT2D eigenvalue weighted by Gasteiger charge is -2.39. The van der Waals surface area contributed by atoms with E-state index in [2.05, 4.69) is 165 Å². The number of anilines is 1. The van der Waals surface area contributed by atoms with Crippen LogP contribution in [0.1, 0.15) is 66.6 Å². The third kappa shape index (κ3) is 4.44. The SMILES string of the molecule is [C-]#[N+]c1ccc2c(c1)C(C)(C)c1c3c(c4ccccc4c1-2)OC(c1ccc(N2CCOCC2)cc1)(c1ccc2c(c1)C(C)(C)c1c-2ccc2ccccc12)C=C3. The minimum atomic E-state index is -0.900. The highest BCUT2D eigenvalue weighted by molar-refractivity contribution is 6.08. The summed E-state index contributed by atoms with van der Waals surface area (Å²) in [5, 5.41) is 4.86. The number of rotatable bonds is 3. The van der Waals surface area contributed by atoms with Gasteiger partial charge < -0.3 is 14.4 Å². The molecule has 1 unspecified atom stereocenters. The highest BCUT2D eigenvalue weighted by Gasteiger charge is 2.46. The Morgan fingerprint density at radius 1 is 0.625 bits per heavy atom. The molecule has 7 aromatic carbocycles. The molecule has 11 rings (SSSR count). The van der Waals surface area contributed by atoms with Crippen LogP contribution in [-0.4, -0.2) is 26.3 Å². The molecule has 4 nitrogen and oxygen atoms in total. The van der Waals surface area contributed by atoms with Crippen molar-refractivity contribution >= 4 is 39.0 Å². The monoisotopic (exact) mass is 726 g/mol. The van der Waals surface area contributed by atoms with Gasteiger partial charge in [-0.3, -0.25) is 0 Å². The quantitative estimate of drug-likeness (QED) is 0.170. The molecule has 272 valence electrons. The molecule has 1 atom stereocenters. The molecule has 2 aliphatic carbocycles. The molecule has 2 aliphatic heterocycles. The Hall–Kier alpha value is -6.15. The first-order chi connectivity index (χ1) is 27.2. The van der Waals surface area contributed by atoms with E-state index in [1.807, 2.05) is 6.07 Å². The molecule has 56 heavy (non-hydrogen) atoms. The van der Waals surface area contributed by atoms with Gasteiger partial charge in [-0.1, -0.05) is 137 Å². The summed E-state index contributed by atoms with van der Waals surface area (Å²) >= 11 is 0. The second-order valence-corrected chi connectivity index (χ2v) is 16.9. The molecule has 1 fully saturated rings. The summed E-state index contributed by atoms with van der Waals surface area (Å²) in [7, 11) is 0.